The molecule has 290 valence electrons. The fourth-order valence-electron chi connectivity index (χ4n) is 5.61. The van der Waals surface area contributed by atoms with Crippen LogP contribution in [0.5, 0.6) is 5.75 Å². The number of aryl methyl sites for hydroxylation is 2. The number of ether oxygens (including phenoxy) is 2. The number of nitrogens with one attached hydrogen (secondary N) is 2. The van der Waals surface area contributed by atoms with Crippen LogP contribution in [0.4, 0.5) is 0 Å². The zero-order chi connectivity index (χ0) is 39.8. The zero-order valence-corrected chi connectivity index (χ0v) is 33.4. The second kappa shape index (κ2) is 22.0. The van der Waals surface area contributed by atoms with Crippen molar-refractivity contribution in [2.45, 2.75) is 114 Å². The maximum atomic E-state index is 12.6. The number of carboxylic acid groups (broad SMARTS) is 1. The highest BCUT2D eigenvalue weighted by Crippen LogP contribution is 2.34. The molecule has 10 heteroatoms. The summed E-state index contributed by atoms with van der Waals surface area (Å²) in [6.45, 7) is 21.3. The van der Waals surface area contributed by atoms with Gasteiger partial charge in [0.2, 0.25) is 11.8 Å². The van der Waals surface area contributed by atoms with E-state index >= 15 is 0 Å². The van der Waals surface area contributed by atoms with Gasteiger partial charge >= 0.3 is 11.9 Å². The first-order valence-corrected chi connectivity index (χ1v) is 18.2. The van der Waals surface area contributed by atoms with Gasteiger partial charge < -0.3 is 30.3 Å². The number of esters is 1. The summed E-state index contributed by atoms with van der Waals surface area (Å²) in [5.41, 5.74) is 3.44. The Morgan fingerprint density at radius 1 is 0.904 bits per heavy atom. The highest BCUT2D eigenvalue weighted by molar-refractivity contribution is 5.92. The van der Waals surface area contributed by atoms with Crippen LogP contribution in [0.1, 0.15) is 103 Å². The van der Waals surface area contributed by atoms with Crippen LogP contribution in [0.3, 0.4) is 0 Å². The van der Waals surface area contributed by atoms with Crippen molar-refractivity contribution in [3.05, 3.63) is 76.9 Å². The largest absolute Gasteiger partial charge is 0.496 e. The minimum Gasteiger partial charge on any atom is -0.496 e. The molecular weight excluding hydrogens is 660 g/mol. The summed E-state index contributed by atoms with van der Waals surface area (Å²) in [5, 5.41) is 23.9. The van der Waals surface area contributed by atoms with Crippen LogP contribution in [0.25, 0.3) is 0 Å². The average Bonchev–Trinajstić information content (AvgIpc) is 3.09. The van der Waals surface area contributed by atoms with Crippen LogP contribution in [-0.2, 0) is 30.5 Å². The molecule has 0 spiro atoms. The first kappa shape index (κ1) is 45.8. The van der Waals surface area contributed by atoms with Gasteiger partial charge in [-0.05, 0) is 106 Å². The van der Waals surface area contributed by atoms with Crippen molar-refractivity contribution >= 4 is 23.8 Å². The Kier molecular flexibility index (Phi) is 19.4. The second-order valence-corrected chi connectivity index (χ2v) is 15.2. The molecule has 0 fully saturated rings. The highest BCUT2D eigenvalue weighted by atomic mass is 16.6. The number of rotatable bonds is 18. The van der Waals surface area contributed by atoms with Gasteiger partial charge in [0.05, 0.1) is 19.1 Å². The lowest BCUT2D eigenvalue weighted by Crippen LogP contribution is -2.48. The van der Waals surface area contributed by atoms with Gasteiger partial charge in [-0.1, -0.05) is 89.6 Å². The standard InChI is InChI=1S/C33H52N2O7.C9H12O/c1-20(2)17-28(31(39)40)42-32(41)33(8,9)19-34-30(38)25(7)35-29(37)12-10-11-21(3)22(4)23(5)24(6)27-15-13-26(18-36)14-16-27;1-7-4-5-9(10-3)8(2)6-7/h10,12-16,20-25,28,36H,11,17-19H2,1-9H3,(H,34,38)(H,35,37)(H,39,40);4-6H,1-3H3/b12-10+;. The van der Waals surface area contributed by atoms with Crippen molar-refractivity contribution in [2.75, 3.05) is 13.7 Å². The van der Waals surface area contributed by atoms with E-state index in [0.717, 1.165) is 11.3 Å². The van der Waals surface area contributed by atoms with E-state index in [1.807, 2.05) is 51.1 Å². The minimum atomic E-state index is -1.25. The Bertz CT molecular complexity index is 1470. The fraction of sp³-hybridized carbons (Fsp3) is 0.571. The summed E-state index contributed by atoms with van der Waals surface area (Å²) >= 11 is 0. The normalized spacial score (nSPS) is 15.0. The molecule has 10 nitrogen and oxygen atoms in total. The van der Waals surface area contributed by atoms with Crippen molar-refractivity contribution < 1.29 is 38.9 Å². The summed E-state index contributed by atoms with van der Waals surface area (Å²) < 4.78 is 10.3. The van der Waals surface area contributed by atoms with Gasteiger partial charge in [-0.15, -0.1) is 0 Å². The molecule has 0 aliphatic carbocycles. The molecule has 2 aromatic rings. The number of aliphatic hydroxyl groups is 1. The number of carbonyl (C=O) groups is 4. The van der Waals surface area contributed by atoms with Crippen LogP contribution >= 0.6 is 0 Å². The van der Waals surface area contributed by atoms with Crippen LogP contribution in [-0.4, -0.2) is 59.8 Å². The molecule has 52 heavy (non-hydrogen) atoms. The number of hydrogen-bond acceptors (Lipinski definition) is 7. The third kappa shape index (κ3) is 15.6. The van der Waals surface area contributed by atoms with Crippen molar-refractivity contribution in [3.63, 3.8) is 0 Å². The van der Waals surface area contributed by atoms with Crippen molar-refractivity contribution in [3.8, 4) is 5.75 Å². The number of amides is 2. The molecule has 6 unspecified atom stereocenters. The Labute approximate surface area is 311 Å². The number of hydrogen-bond donors (Lipinski definition) is 4. The molecule has 6 atom stereocenters. The fourth-order valence-corrected chi connectivity index (χ4v) is 5.61. The number of carbonyl (C=O) groups excluding carboxylic acids is 3. The van der Waals surface area contributed by atoms with Crippen LogP contribution in [0.15, 0.2) is 54.6 Å². The van der Waals surface area contributed by atoms with Gasteiger partial charge in [0, 0.05) is 6.54 Å². The molecule has 2 aromatic carbocycles. The molecule has 0 aliphatic heterocycles. The predicted octanol–water partition coefficient (Wildman–Crippen LogP) is 7.14. The minimum absolute atomic E-state index is 0.0287. The molecule has 2 rings (SSSR count). The van der Waals surface area contributed by atoms with Gasteiger partial charge in [0.1, 0.15) is 11.8 Å². The lowest BCUT2D eigenvalue weighted by atomic mass is 9.75. The molecule has 0 saturated carbocycles. The number of allylic oxidation sites excluding steroid dienone is 1. The molecule has 4 N–H and O–H groups in total. The van der Waals surface area contributed by atoms with E-state index in [-0.39, 0.29) is 31.4 Å². The number of aliphatic carboxylic acids is 1. The first-order chi connectivity index (χ1) is 24.2. The quantitative estimate of drug-likeness (QED) is 0.0936. The zero-order valence-electron chi connectivity index (χ0n) is 33.4. The highest BCUT2D eigenvalue weighted by Gasteiger charge is 2.34. The van der Waals surface area contributed by atoms with Gasteiger partial charge in [0.15, 0.2) is 6.10 Å². The first-order valence-electron chi connectivity index (χ1n) is 18.2. The van der Waals surface area contributed by atoms with Crippen LogP contribution < -0.4 is 15.4 Å². The van der Waals surface area contributed by atoms with E-state index in [1.165, 1.54) is 22.8 Å². The second-order valence-electron chi connectivity index (χ2n) is 15.2. The maximum absolute atomic E-state index is 12.6. The van der Waals surface area contributed by atoms with Crippen LogP contribution in [0.2, 0.25) is 0 Å². The van der Waals surface area contributed by atoms with Crippen molar-refractivity contribution in [1.82, 2.24) is 10.6 Å². The van der Waals surface area contributed by atoms with Gasteiger partial charge in [0.25, 0.3) is 0 Å². The molecule has 0 radical (unpaired) electrons. The van der Waals surface area contributed by atoms with Crippen LogP contribution in [0, 0.1) is 42.9 Å². The van der Waals surface area contributed by atoms with E-state index in [2.05, 4.69) is 63.5 Å². The summed E-state index contributed by atoms with van der Waals surface area (Å²) in [5.74, 6) is -0.336. The summed E-state index contributed by atoms with van der Waals surface area (Å²) in [6.07, 6.45) is 2.91. The third-order valence-corrected chi connectivity index (χ3v) is 9.75. The lowest BCUT2D eigenvalue weighted by Gasteiger charge is -2.30. The summed E-state index contributed by atoms with van der Waals surface area (Å²) in [4.78, 5) is 49.0. The van der Waals surface area contributed by atoms with E-state index in [9.17, 15) is 29.4 Å². The topological polar surface area (TPSA) is 151 Å². The van der Waals surface area contributed by atoms with Gasteiger partial charge in [-0.2, -0.15) is 0 Å². The monoisotopic (exact) mass is 724 g/mol. The molecule has 0 heterocycles. The Balaban J connectivity index is 0.00000115. The van der Waals surface area contributed by atoms with E-state index in [0.29, 0.717) is 30.1 Å². The Morgan fingerprint density at radius 2 is 1.52 bits per heavy atom. The van der Waals surface area contributed by atoms with E-state index in [1.54, 1.807) is 27.9 Å². The Hall–Kier alpha value is -4.18. The molecule has 0 aromatic heterocycles. The molecular formula is C42H64N2O8. The maximum Gasteiger partial charge on any atom is 0.345 e. The van der Waals surface area contributed by atoms with E-state index in [4.69, 9.17) is 9.47 Å². The average molecular weight is 725 g/mol. The SMILES string of the molecule is CC(C)CC(OC(=O)C(C)(C)CNC(=O)C(C)NC(=O)/C=C/CC(C)C(C)C(C)C(C)c1ccc(CO)cc1)C(=O)O.COc1ccc(C)cc1C. The Morgan fingerprint density at radius 3 is 2.04 bits per heavy atom. The summed E-state index contributed by atoms with van der Waals surface area (Å²) in [6, 6.07) is 13.4. The number of carboxylic acids is 1. The van der Waals surface area contributed by atoms with E-state index < -0.39 is 35.4 Å². The lowest BCUT2D eigenvalue weighted by molar-refractivity contribution is -0.171. The van der Waals surface area contributed by atoms with Gasteiger partial charge in [-0.3, -0.25) is 14.4 Å². The van der Waals surface area contributed by atoms with Crippen molar-refractivity contribution in [1.29, 1.82) is 0 Å². The number of methoxy groups -OCH3 is 1. The van der Waals surface area contributed by atoms with Gasteiger partial charge in [-0.25, -0.2) is 4.79 Å². The summed E-state index contributed by atoms with van der Waals surface area (Å²) in [7, 11) is 1.69. The van der Waals surface area contributed by atoms with Crippen molar-refractivity contribution in [2.24, 2.45) is 29.1 Å². The molecule has 0 aliphatic rings. The predicted molar refractivity (Wildman–Crippen MR) is 206 cm³/mol. The molecule has 0 saturated heterocycles. The molecule has 0 bridgehead atoms. The third-order valence-electron chi connectivity index (χ3n) is 9.75. The number of benzene rings is 2. The number of aliphatic hydroxyl groups excluding tert-OH is 1. The molecule has 2 amide bonds. The smallest absolute Gasteiger partial charge is 0.345 e.